The molecule has 104 valence electrons. The zero-order chi connectivity index (χ0) is 14.3. The third kappa shape index (κ3) is 2.30. The lowest BCUT2D eigenvalue weighted by Gasteiger charge is -2.10. The Morgan fingerprint density at radius 2 is 2.15 bits per heavy atom. The lowest BCUT2D eigenvalue weighted by atomic mass is 10.3. The first-order chi connectivity index (χ1) is 9.56. The van der Waals surface area contributed by atoms with Gasteiger partial charge in [0.1, 0.15) is 11.6 Å². The van der Waals surface area contributed by atoms with Crippen molar-refractivity contribution in [2.24, 2.45) is 7.05 Å². The van der Waals surface area contributed by atoms with Crippen LogP contribution in [0.15, 0.2) is 30.6 Å². The zero-order valence-electron chi connectivity index (χ0n) is 11.2. The van der Waals surface area contributed by atoms with Crippen molar-refractivity contribution < 1.29 is 0 Å². The van der Waals surface area contributed by atoms with Gasteiger partial charge in [-0.3, -0.25) is 0 Å². The van der Waals surface area contributed by atoms with Gasteiger partial charge < -0.3 is 9.13 Å². The third-order valence-electron chi connectivity index (χ3n) is 3.32. The monoisotopic (exact) mass is 308 g/mol. The van der Waals surface area contributed by atoms with Crippen LogP contribution in [0, 0.1) is 0 Å². The van der Waals surface area contributed by atoms with E-state index in [0.29, 0.717) is 11.6 Å². The molecule has 1 aromatic carbocycles. The van der Waals surface area contributed by atoms with E-state index in [1.807, 2.05) is 42.9 Å². The van der Waals surface area contributed by atoms with Crippen LogP contribution in [0.3, 0.4) is 0 Å². The maximum Gasteiger partial charge on any atom is 0.128 e. The summed E-state index contributed by atoms with van der Waals surface area (Å²) in [5.41, 5.74) is 1.87. The fourth-order valence-electron chi connectivity index (χ4n) is 2.27. The molecule has 0 spiro atoms. The van der Waals surface area contributed by atoms with E-state index in [-0.39, 0.29) is 5.38 Å². The molecule has 20 heavy (non-hydrogen) atoms. The largest absolute Gasteiger partial charge is 0.337 e. The Bertz CT molecular complexity index is 758. The van der Waals surface area contributed by atoms with Gasteiger partial charge in [-0.1, -0.05) is 11.6 Å². The van der Waals surface area contributed by atoms with E-state index in [0.717, 1.165) is 22.7 Å². The molecule has 0 amide bonds. The lowest BCUT2D eigenvalue weighted by molar-refractivity contribution is 0.677. The van der Waals surface area contributed by atoms with Gasteiger partial charge in [-0.15, -0.1) is 11.6 Å². The van der Waals surface area contributed by atoms with Gasteiger partial charge in [-0.25, -0.2) is 9.97 Å². The van der Waals surface area contributed by atoms with Gasteiger partial charge in [0.25, 0.3) is 0 Å². The highest BCUT2D eigenvalue weighted by Gasteiger charge is 2.16. The number of hydrogen-bond donors (Lipinski definition) is 0. The number of nitrogens with zero attached hydrogens (tertiary/aromatic N) is 4. The molecule has 0 aliphatic carbocycles. The summed E-state index contributed by atoms with van der Waals surface area (Å²) in [6.07, 6.45) is 3.70. The first kappa shape index (κ1) is 13.5. The topological polar surface area (TPSA) is 35.6 Å². The molecule has 0 aliphatic heterocycles. The average molecular weight is 309 g/mol. The van der Waals surface area contributed by atoms with Gasteiger partial charge in [-0.2, -0.15) is 0 Å². The summed E-state index contributed by atoms with van der Waals surface area (Å²) in [5.74, 6) is 1.77. The number of alkyl halides is 1. The molecule has 2 heterocycles. The molecule has 0 saturated carbocycles. The van der Waals surface area contributed by atoms with Crippen molar-refractivity contribution in [1.82, 2.24) is 19.1 Å². The number of aromatic nitrogens is 4. The van der Waals surface area contributed by atoms with Gasteiger partial charge in [0.15, 0.2) is 0 Å². The first-order valence-electron chi connectivity index (χ1n) is 6.32. The Morgan fingerprint density at radius 3 is 2.80 bits per heavy atom. The Labute approximate surface area is 127 Å². The summed E-state index contributed by atoms with van der Waals surface area (Å²) >= 11 is 12.4. The number of halogens is 2. The van der Waals surface area contributed by atoms with Crippen molar-refractivity contribution in [3.05, 3.63) is 47.3 Å². The fourth-order valence-corrected chi connectivity index (χ4v) is 2.61. The van der Waals surface area contributed by atoms with Crippen LogP contribution < -0.4 is 0 Å². The van der Waals surface area contributed by atoms with Crippen LogP contribution in [0.1, 0.15) is 23.9 Å². The summed E-state index contributed by atoms with van der Waals surface area (Å²) in [4.78, 5) is 8.96. The summed E-state index contributed by atoms with van der Waals surface area (Å²) < 4.78 is 4.06. The molecular formula is C14H14Cl2N4. The van der Waals surface area contributed by atoms with Gasteiger partial charge in [0.05, 0.1) is 23.0 Å². The Morgan fingerprint density at radius 1 is 1.35 bits per heavy atom. The van der Waals surface area contributed by atoms with Crippen LogP contribution >= 0.6 is 23.2 Å². The number of imidazole rings is 2. The van der Waals surface area contributed by atoms with E-state index < -0.39 is 0 Å². The number of rotatable bonds is 3. The standard InChI is InChI=1S/C14H14Cl2N4/c1-9(15)14-18-11-4-3-10(16)7-12(11)20(14)8-13-17-5-6-19(13)2/h3-7,9H,8H2,1-2H3. The molecule has 0 N–H and O–H groups in total. The summed E-state index contributed by atoms with van der Waals surface area (Å²) in [6.45, 7) is 2.53. The molecule has 0 aliphatic rings. The number of hydrogen-bond acceptors (Lipinski definition) is 2. The lowest BCUT2D eigenvalue weighted by Crippen LogP contribution is -2.09. The molecule has 4 nitrogen and oxygen atoms in total. The summed E-state index contributed by atoms with van der Waals surface area (Å²) in [6, 6.07) is 5.66. The van der Waals surface area contributed by atoms with Gasteiger partial charge in [0.2, 0.25) is 0 Å². The maximum absolute atomic E-state index is 6.26. The maximum atomic E-state index is 6.26. The second kappa shape index (κ2) is 5.11. The van der Waals surface area contributed by atoms with Crippen molar-refractivity contribution in [2.75, 3.05) is 0 Å². The first-order valence-corrected chi connectivity index (χ1v) is 7.13. The number of aryl methyl sites for hydroxylation is 1. The molecule has 0 saturated heterocycles. The van der Waals surface area contributed by atoms with E-state index in [2.05, 4.69) is 14.5 Å². The minimum Gasteiger partial charge on any atom is -0.337 e. The molecule has 0 bridgehead atoms. The highest BCUT2D eigenvalue weighted by atomic mass is 35.5. The van der Waals surface area contributed by atoms with Crippen LogP contribution in [0.25, 0.3) is 11.0 Å². The highest BCUT2D eigenvalue weighted by Crippen LogP contribution is 2.27. The van der Waals surface area contributed by atoms with Crippen LogP contribution in [0.4, 0.5) is 0 Å². The smallest absolute Gasteiger partial charge is 0.128 e. The Kier molecular flexibility index (Phi) is 3.44. The number of fused-ring (bicyclic) bond motifs is 1. The molecule has 0 radical (unpaired) electrons. The minimum absolute atomic E-state index is 0.179. The van der Waals surface area contributed by atoms with E-state index in [4.69, 9.17) is 23.2 Å². The van der Waals surface area contributed by atoms with Crippen molar-refractivity contribution in [3.63, 3.8) is 0 Å². The molecule has 6 heteroatoms. The van der Waals surface area contributed by atoms with E-state index in [9.17, 15) is 0 Å². The van der Waals surface area contributed by atoms with Crippen molar-refractivity contribution in [2.45, 2.75) is 18.8 Å². The van der Waals surface area contributed by atoms with Crippen LogP contribution in [-0.2, 0) is 13.6 Å². The van der Waals surface area contributed by atoms with Crippen LogP contribution in [-0.4, -0.2) is 19.1 Å². The molecule has 3 aromatic rings. The fraction of sp³-hybridized carbons (Fsp3) is 0.286. The SMILES string of the molecule is CC(Cl)c1nc2ccc(Cl)cc2n1Cc1nccn1C. The predicted molar refractivity (Wildman–Crippen MR) is 81.3 cm³/mol. The number of benzene rings is 1. The van der Waals surface area contributed by atoms with E-state index in [1.54, 1.807) is 6.20 Å². The summed E-state index contributed by atoms with van der Waals surface area (Å²) in [7, 11) is 1.97. The molecule has 2 aromatic heterocycles. The normalized spacial score (nSPS) is 13.0. The van der Waals surface area contributed by atoms with Crippen molar-refractivity contribution in [1.29, 1.82) is 0 Å². The van der Waals surface area contributed by atoms with Gasteiger partial charge >= 0.3 is 0 Å². The minimum atomic E-state index is -0.179. The zero-order valence-corrected chi connectivity index (χ0v) is 12.7. The van der Waals surface area contributed by atoms with Gasteiger partial charge in [0, 0.05) is 24.5 Å². The second-order valence-corrected chi connectivity index (χ2v) is 5.85. The van der Waals surface area contributed by atoms with Gasteiger partial charge in [-0.05, 0) is 25.1 Å². The quantitative estimate of drug-likeness (QED) is 0.690. The molecule has 3 rings (SSSR count). The molecular weight excluding hydrogens is 295 g/mol. The Balaban J connectivity index is 2.18. The van der Waals surface area contributed by atoms with Crippen LogP contribution in [0.2, 0.25) is 5.02 Å². The molecule has 1 atom stereocenters. The van der Waals surface area contributed by atoms with E-state index >= 15 is 0 Å². The highest BCUT2D eigenvalue weighted by molar-refractivity contribution is 6.31. The third-order valence-corrected chi connectivity index (χ3v) is 3.75. The van der Waals surface area contributed by atoms with Crippen molar-refractivity contribution in [3.8, 4) is 0 Å². The van der Waals surface area contributed by atoms with Crippen LogP contribution in [0.5, 0.6) is 0 Å². The molecule has 1 unspecified atom stereocenters. The Hall–Kier alpha value is -1.52. The second-order valence-electron chi connectivity index (χ2n) is 4.76. The van der Waals surface area contributed by atoms with Crippen molar-refractivity contribution >= 4 is 34.2 Å². The predicted octanol–water partition coefficient (Wildman–Crippen LogP) is 3.77. The average Bonchev–Trinajstić information content (AvgIpc) is 2.95. The van der Waals surface area contributed by atoms with E-state index in [1.165, 1.54) is 0 Å². The summed E-state index contributed by atoms with van der Waals surface area (Å²) in [5, 5.41) is 0.508. The molecule has 0 fully saturated rings.